The first kappa shape index (κ1) is 10.1. The molecule has 0 aliphatic carbocycles. The van der Waals surface area contributed by atoms with E-state index >= 15 is 0 Å². The minimum atomic E-state index is -0.253. The van der Waals surface area contributed by atoms with Gasteiger partial charge in [-0.1, -0.05) is 30.3 Å². The highest BCUT2D eigenvalue weighted by Gasteiger charge is 2.22. The molecule has 1 aromatic rings. The van der Waals surface area contributed by atoms with Gasteiger partial charge in [0, 0.05) is 0 Å². The summed E-state index contributed by atoms with van der Waals surface area (Å²) >= 11 is 2.00. The van der Waals surface area contributed by atoms with Crippen molar-refractivity contribution in [3.05, 3.63) is 35.9 Å². The first-order valence-electron chi connectivity index (χ1n) is 5.18. The lowest BCUT2D eigenvalue weighted by Gasteiger charge is -2.26. The van der Waals surface area contributed by atoms with Gasteiger partial charge < -0.3 is 5.11 Å². The van der Waals surface area contributed by atoms with E-state index in [-0.39, 0.29) is 6.10 Å². The first-order chi connectivity index (χ1) is 6.88. The molecule has 0 amide bonds. The third kappa shape index (κ3) is 2.31. The maximum Gasteiger partial charge on any atom is 0.0818 e. The van der Waals surface area contributed by atoms with Gasteiger partial charge in [-0.3, -0.25) is 0 Å². The molecule has 76 valence electrons. The number of aliphatic hydroxyl groups excluding tert-OH is 1. The molecule has 1 atom stereocenters. The van der Waals surface area contributed by atoms with Crippen LogP contribution < -0.4 is 0 Å². The second-order valence-corrected chi connectivity index (χ2v) is 5.03. The number of benzene rings is 1. The molecule has 0 spiro atoms. The lowest BCUT2D eigenvalue weighted by molar-refractivity contribution is 0.103. The third-order valence-corrected chi connectivity index (χ3v) is 3.90. The van der Waals surface area contributed by atoms with Gasteiger partial charge in [-0.25, -0.2) is 0 Å². The molecule has 1 aliphatic rings. The monoisotopic (exact) mass is 208 g/mol. The van der Waals surface area contributed by atoms with Gasteiger partial charge in [0.15, 0.2) is 0 Å². The fourth-order valence-corrected chi connectivity index (χ4v) is 3.10. The second kappa shape index (κ2) is 4.85. The van der Waals surface area contributed by atoms with Crippen LogP contribution in [0.3, 0.4) is 0 Å². The number of thioether (sulfide) groups is 1. The SMILES string of the molecule is O[C@H](c1ccccc1)C1CCSCC1. The van der Waals surface area contributed by atoms with Crippen LogP contribution in [0.2, 0.25) is 0 Å². The maximum absolute atomic E-state index is 10.1. The van der Waals surface area contributed by atoms with Crippen molar-refractivity contribution in [2.75, 3.05) is 11.5 Å². The predicted octanol–water partition coefficient (Wildman–Crippen LogP) is 2.86. The summed E-state index contributed by atoms with van der Waals surface area (Å²) in [5, 5.41) is 10.1. The normalized spacial score (nSPS) is 20.6. The predicted molar refractivity (Wildman–Crippen MR) is 61.5 cm³/mol. The summed E-state index contributed by atoms with van der Waals surface area (Å²) in [4.78, 5) is 0. The Kier molecular flexibility index (Phi) is 3.49. The van der Waals surface area contributed by atoms with Gasteiger partial charge in [-0.05, 0) is 35.8 Å². The molecule has 0 bridgehead atoms. The molecule has 0 aromatic heterocycles. The molecule has 1 aliphatic heterocycles. The lowest BCUT2D eigenvalue weighted by Crippen LogP contribution is -2.17. The molecule has 14 heavy (non-hydrogen) atoms. The van der Waals surface area contributed by atoms with E-state index in [9.17, 15) is 5.11 Å². The van der Waals surface area contributed by atoms with E-state index in [0.717, 1.165) is 18.4 Å². The molecule has 2 heteroatoms. The zero-order chi connectivity index (χ0) is 9.80. The summed E-state index contributed by atoms with van der Waals surface area (Å²) in [5.41, 5.74) is 1.07. The van der Waals surface area contributed by atoms with Crippen molar-refractivity contribution in [1.29, 1.82) is 0 Å². The van der Waals surface area contributed by atoms with Crippen molar-refractivity contribution in [2.45, 2.75) is 18.9 Å². The van der Waals surface area contributed by atoms with Gasteiger partial charge in [-0.15, -0.1) is 0 Å². The molecule has 2 rings (SSSR count). The van der Waals surface area contributed by atoms with Crippen molar-refractivity contribution in [3.8, 4) is 0 Å². The van der Waals surface area contributed by atoms with Gasteiger partial charge >= 0.3 is 0 Å². The van der Waals surface area contributed by atoms with Crippen LogP contribution in [-0.2, 0) is 0 Å². The fourth-order valence-electron chi connectivity index (χ4n) is 1.95. The number of aliphatic hydroxyl groups is 1. The van der Waals surface area contributed by atoms with Crippen LogP contribution in [0.15, 0.2) is 30.3 Å². The third-order valence-electron chi connectivity index (χ3n) is 2.85. The number of hydrogen-bond donors (Lipinski definition) is 1. The summed E-state index contributed by atoms with van der Waals surface area (Å²) in [6.45, 7) is 0. The van der Waals surface area contributed by atoms with E-state index < -0.39 is 0 Å². The van der Waals surface area contributed by atoms with Crippen molar-refractivity contribution in [2.24, 2.45) is 5.92 Å². The molecule has 1 fully saturated rings. The Morgan fingerprint density at radius 3 is 2.43 bits per heavy atom. The average Bonchev–Trinajstić information content (AvgIpc) is 2.30. The lowest BCUT2D eigenvalue weighted by atomic mass is 9.91. The molecular formula is C12H16OS. The average molecular weight is 208 g/mol. The summed E-state index contributed by atoms with van der Waals surface area (Å²) in [6.07, 6.45) is 2.05. The van der Waals surface area contributed by atoms with Crippen LogP contribution in [0, 0.1) is 5.92 Å². The van der Waals surface area contributed by atoms with Gasteiger partial charge in [0.1, 0.15) is 0 Å². The van der Waals surface area contributed by atoms with Crippen molar-refractivity contribution >= 4 is 11.8 Å². The van der Waals surface area contributed by atoms with E-state index in [4.69, 9.17) is 0 Å². The molecule has 1 heterocycles. The van der Waals surface area contributed by atoms with Gasteiger partial charge in [0.25, 0.3) is 0 Å². The maximum atomic E-state index is 10.1. The Morgan fingerprint density at radius 2 is 1.79 bits per heavy atom. The Morgan fingerprint density at radius 1 is 1.14 bits per heavy atom. The second-order valence-electron chi connectivity index (χ2n) is 3.81. The number of hydrogen-bond acceptors (Lipinski definition) is 2. The van der Waals surface area contributed by atoms with Crippen LogP contribution in [0.25, 0.3) is 0 Å². The van der Waals surface area contributed by atoms with E-state index in [0.29, 0.717) is 5.92 Å². The largest absolute Gasteiger partial charge is 0.388 e. The molecule has 1 N–H and O–H groups in total. The molecule has 1 saturated heterocycles. The van der Waals surface area contributed by atoms with E-state index in [2.05, 4.69) is 0 Å². The summed E-state index contributed by atoms with van der Waals surface area (Å²) in [6, 6.07) is 10.0. The fraction of sp³-hybridized carbons (Fsp3) is 0.500. The molecular weight excluding hydrogens is 192 g/mol. The Balaban J connectivity index is 2.03. The van der Waals surface area contributed by atoms with E-state index in [1.807, 2.05) is 42.1 Å². The van der Waals surface area contributed by atoms with Crippen molar-refractivity contribution < 1.29 is 5.11 Å². The van der Waals surface area contributed by atoms with Crippen LogP contribution in [0.4, 0.5) is 0 Å². The Labute approximate surface area is 89.5 Å². The summed E-state index contributed by atoms with van der Waals surface area (Å²) in [7, 11) is 0. The van der Waals surface area contributed by atoms with Crippen LogP contribution in [0.1, 0.15) is 24.5 Å². The molecule has 1 nitrogen and oxygen atoms in total. The van der Waals surface area contributed by atoms with Crippen molar-refractivity contribution in [1.82, 2.24) is 0 Å². The van der Waals surface area contributed by atoms with Crippen molar-refractivity contribution in [3.63, 3.8) is 0 Å². The highest BCUT2D eigenvalue weighted by atomic mass is 32.2. The van der Waals surface area contributed by atoms with E-state index in [1.54, 1.807) is 0 Å². The van der Waals surface area contributed by atoms with Gasteiger partial charge in [0.05, 0.1) is 6.10 Å². The highest BCUT2D eigenvalue weighted by Crippen LogP contribution is 2.32. The summed E-state index contributed by atoms with van der Waals surface area (Å²) in [5.74, 6) is 2.88. The quantitative estimate of drug-likeness (QED) is 0.806. The highest BCUT2D eigenvalue weighted by molar-refractivity contribution is 7.99. The van der Waals surface area contributed by atoms with Crippen LogP contribution in [-0.4, -0.2) is 16.6 Å². The zero-order valence-corrected chi connectivity index (χ0v) is 9.04. The topological polar surface area (TPSA) is 20.2 Å². The van der Waals surface area contributed by atoms with Gasteiger partial charge in [0.2, 0.25) is 0 Å². The van der Waals surface area contributed by atoms with E-state index in [1.165, 1.54) is 11.5 Å². The first-order valence-corrected chi connectivity index (χ1v) is 6.34. The minimum absolute atomic E-state index is 0.253. The van der Waals surface area contributed by atoms with Crippen LogP contribution in [0.5, 0.6) is 0 Å². The molecule has 0 unspecified atom stereocenters. The Hall–Kier alpha value is -0.470. The van der Waals surface area contributed by atoms with Gasteiger partial charge in [-0.2, -0.15) is 11.8 Å². The zero-order valence-electron chi connectivity index (χ0n) is 8.23. The Bertz CT molecular complexity index is 267. The standard InChI is InChI=1S/C12H16OS/c13-12(10-4-2-1-3-5-10)11-6-8-14-9-7-11/h1-5,11-13H,6-9H2/t12-/m1/s1. The smallest absolute Gasteiger partial charge is 0.0818 e. The molecule has 0 saturated carbocycles. The molecule has 1 aromatic carbocycles. The van der Waals surface area contributed by atoms with Crippen LogP contribution >= 0.6 is 11.8 Å². The molecule has 0 radical (unpaired) electrons. The number of rotatable bonds is 2. The summed E-state index contributed by atoms with van der Waals surface area (Å²) < 4.78 is 0. The minimum Gasteiger partial charge on any atom is -0.388 e.